The first-order chi connectivity index (χ1) is 31.5. The summed E-state index contributed by atoms with van der Waals surface area (Å²) < 4.78 is 4.31. The molecule has 0 fully saturated rings. The van der Waals surface area contributed by atoms with Crippen molar-refractivity contribution in [1.82, 2.24) is 29.1 Å². The number of hydrogen-bond donors (Lipinski definition) is 0. The molecule has 0 aliphatic heterocycles. The third-order valence-corrected chi connectivity index (χ3v) is 11.6. The van der Waals surface area contributed by atoms with Crippen LogP contribution in [0.15, 0.2) is 170 Å². The second kappa shape index (κ2) is 15.1. The smallest absolute Gasteiger partial charge is 0.164 e. The van der Waals surface area contributed by atoms with E-state index >= 15 is 0 Å². The van der Waals surface area contributed by atoms with Gasteiger partial charge in [-0.25, -0.2) is 15.0 Å². The van der Waals surface area contributed by atoms with Crippen LogP contribution < -0.4 is 0 Å². The summed E-state index contributed by atoms with van der Waals surface area (Å²) in [6.45, 7) is 0. The Balaban J connectivity index is 1.24. The van der Waals surface area contributed by atoms with Gasteiger partial charge in [0, 0.05) is 61.8 Å². The van der Waals surface area contributed by atoms with Crippen molar-refractivity contribution in [2.45, 2.75) is 0 Å². The molecule has 0 unspecified atom stereocenters. The van der Waals surface area contributed by atoms with E-state index in [1.54, 1.807) is 30.5 Å². The van der Waals surface area contributed by atoms with E-state index in [0.29, 0.717) is 39.7 Å². The molecule has 4 aromatic heterocycles. The van der Waals surface area contributed by atoms with Crippen LogP contribution >= 0.6 is 0 Å². The molecular formula is C54H28N10. The Morgan fingerprint density at radius 2 is 0.750 bits per heavy atom. The van der Waals surface area contributed by atoms with Crippen molar-refractivity contribution in [2.75, 3.05) is 0 Å². The number of nitriles is 4. The molecule has 11 rings (SSSR count). The number of fused-ring (bicyclic) bond motifs is 6. The molecule has 64 heavy (non-hydrogen) atoms. The summed E-state index contributed by atoms with van der Waals surface area (Å²) in [6, 6.07) is 59.3. The summed E-state index contributed by atoms with van der Waals surface area (Å²) in [5.74, 6) is 1.52. The van der Waals surface area contributed by atoms with Gasteiger partial charge in [0.2, 0.25) is 0 Å². The summed E-state index contributed by atoms with van der Waals surface area (Å²) in [6.07, 6.45) is 3.60. The summed E-state index contributed by atoms with van der Waals surface area (Å²) >= 11 is 0. The fourth-order valence-corrected chi connectivity index (χ4v) is 8.66. The number of rotatable bonds is 6. The lowest BCUT2D eigenvalue weighted by atomic mass is 9.99. The van der Waals surface area contributed by atoms with Crippen LogP contribution in [0.4, 0.5) is 0 Å². The van der Waals surface area contributed by atoms with Crippen LogP contribution in [0.1, 0.15) is 22.3 Å². The van der Waals surface area contributed by atoms with Crippen LogP contribution in [0.3, 0.4) is 0 Å². The topological polar surface area (TPSA) is 157 Å². The Morgan fingerprint density at radius 1 is 0.359 bits per heavy atom. The first-order valence-corrected chi connectivity index (χ1v) is 20.3. The number of nitrogens with zero attached hydrogens (tertiary/aromatic N) is 10. The van der Waals surface area contributed by atoms with Gasteiger partial charge in [-0.2, -0.15) is 21.0 Å². The standard InChI is InChI=1S/C54H28N10/c55-28-33-11-16-46-40(23-33)41-24-34(29-56)12-17-47(41)63(46)50-20-15-39(54-61-52(37-7-3-1-4-8-37)60-53(62-54)38-9-5-2-6-10-38)27-44(50)45-32-59-22-21-51(45)64-48-18-13-35(30-57)25-42(48)43-26-36(31-58)14-19-49(43)64/h1-27,32H. The van der Waals surface area contributed by atoms with Gasteiger partial charge >= 0.3 is 0 Å². The maximum atomic E-state index is 9.97. The summed E-state index contributed by atoms with van der Waals surface area (Å²) in [7, 11) is 0. The maximum Gasteiger partial charge on any atom is 0.164 e. The summed E-state index contributed by atoms with van der Waals surface area (Å²) in [5.41, 5.74) is 11.0. The largest absolute Gasteiger partial charge is 0.309 e. The predicted octanol–water partition coefficient (Wildman–Crippen LogP) is 11.6. The van der Waals surface area contributed by atoms with Crippen LogP contribution in [0.25, 0.3) is 100 Å². The van der Waals surface area contributed by atoms with E-state index in [2.05, 4.69) is 45.5 Å². The van der Waals surface area contributed by atoms with Crippen LogP contribution in [0, 0.1) is 45.3 Å². The van der Waals surface area contributed by atoms with Gasteiger partial charge in [-0.05, 0) is 97.1 Å². The van der Waals surface area contributed by atoms with Crippen molar-refractivity contribution in [3.8, 4) is 80.9 Å². The minimum atomic E-state index is 0.468. The van der Waals surface area contributed by atoms with E-state index in [4.69, 9.17) is 19.9 Å². The molecule has 0 amide bonds. The normalized spacial score (nSPS) is 11.1. The number of pyridine rings is 1. The van der Waals surface area contributed by atoms with Gasteiger partial charge in [0.25, 0.3) is 0 Å². The first-order valence-electron chi connectivity index (χ1n) is 20.3. The van der Waals surface area contributed by atoms with Gasteiger partial charge < -0.3 is 9.13 Å². The zero-order chi connectivity index (χ0) is 43.3. The SMILES string of the molecule is N#Cc1ccc2c(c1)c1cc(C#N)ccc1n2-c1ccncc1-c1cc(-c2nc(-c3ccccc3)nc(-c3ccccc3)n2)ccc1-n1c2ccc(C#N)cc2c2cc(C#N)ccc21. The van der Waals surface area contributed by atoms with Crippen LogP contribution in [0.2, 0.25) is 0 Å². The molecule has 0 aliphatic rings. The van der Waals surface area contributed by atoms with Crippen molar-refractivity contribution < 1.29 is 0 Å². The number of aromatic nitrogens is 6. The fraction of sp³-hybridized carbons (Fsp3) is 0. The lowest BCUT2D eigenvalue weighted by molar-refractivity contribution is 1.07. The highest BCUT2D eigenvalue weighted by molar-refractivity contribution is 6.12. The van der Waals surface area contributed by atoms with Crippen molar-refractivity contribution in [2.24, 2.45) is 0 Å². The Labute approximate surface area is 365 Å². The minimum absolute atomic E-state index is 0.468. The Hall–Kier alpha value is -9.74. The Morgan fingerprint density at radius 3 is 1.16 bits per heavy atom. The molecule has 10 heteroatoms. The molecule has 11 aromatic rings. The number of benzene rings is 7. The molecule has 10 nitrogen and oxygen atoms in total. The molecule has 0 bridgehead atoms. The highest BCUT2D eigenvalue weighted by atomic mass is 15.0. The molecule has 0 radical (unpaired) electrons. The third kappa shape index (κ3) is 6.08. The quantitative estimate of drug-likeness (QED) is 0.160. The molecule has 0 saturated carbocycles. The fourth-order valence-electron chi connectivity index (χ4n) is 8.66. The highest BCUT2D eigenvalue weighted by Crippen LogP contribution is 2.42. The molecule has 0 aliphatic carbocycles. The summed E-state index contributed by atoms with van der Waals surface area (Å²) in [4.78, 5) is 19.8. The molecule has 4 heterocycles. The van der Waals surface area contributed by atoms with E-state index < -0.39 is 0 Å². The van der Waals surface area contributed by atoms with Gasteiger partial charge in [0.1, 0.15) is 0 Å². The van der Waals surface area contributed by atoms with E-state index in [1.165, 1.54) is 0 Å². The molecule has 0 atom stereocenters. The maximum absolute atomic E-state index is 9.97. The predicted molar refractivity (Wildman–Crippen MR) is 247 cm³/mol. The monoisotopic (exact) mass is 816 g/mol. The van der Waals surface area contributed by atoms with Crippen molar-refractivity contribution in [3.63, 3.8) is 0 Å². The van der Waals surface area contributed by atoms with Gasteiger partial charge in [0.15, 0.2) is 17.5 Å². The van der Waals surface area contributed by atoms with Crippen molar-refractivity contribution in [3.05, 3.63) is 192 Å². The minimum Gasteiger partial charge on any atom is -0.309 e. The van der Waals surface area contributed by atoms with Crippen molar-refractivity contribution >= 4 is 43.6 Å². The molecule has 0 saturated heterocycles. The Bertz CT molecular complexity index is 3690. The molecule has 294 valence electrons. The molecule has 7 aromatic carbocycles. The highest BCUT2D eigenvalue weighted by Gasteiger charge is 2.23. The zero-order valence-electron chi connectivity index (χ0n) is 33.6. The van der Waals surface area contributed by atoms with Crippen LogP contribution in [-0.2, 0) is 0 Å². The lowest BCUT2D eigenvalue weighted by Crippen LogP contribution is -2.04. The third-order valence-electron chi connectivity index (χ3n) is 11.6. The van der Waals surface area contributed by atoms with E-state index in [0.717, 1.165) is 82.8 Å². The van der Waals surface area contributed by atoms with Gasteiger partial charge in [-0.3, -0.25) is 4.98 Å². The Kier molecular flexibility index (Phi) is 8.77. The van der Waals surface area contributed by atoms with E-state index in [1.807, 2.05) is 128 Å². The van der Waals surface area contributed by atoms with Crippen LogP contribution in [-0.4, -0.2) is 29.1 Å². The molecule has 0 spiro atoms. The van der Waals surface area contributed by atoms with E-state index in [-0.39, 0.29) is 0 Å². The molecule has 0 N–H and O–H groups in total. The second-order valence-corrected chi connectivity index (χ2v) is 15.2. The first kappa shape index (κ1) is 37.3. The van der Waals surface area contributed by atoms with Crippen molar-refractivity contribution in [1.29, 1.82) is 21.0 Å². The van der Waals surface area contributed by atoms with Crippen LogP contribution in [0.5, 0.6) is 0 Å². The number of hydrogen-bond acceptors (Lipinski definition) is 8. The van der Waals surface area contributed by atoms with Gasteiger partial charge in [-0.1, -0.05) is 60.7 Å². The second-order valence-electron chi connectivity index (χ2n) is 15.2. The van der Waals surface area contributed by atoms with E-state index in [9.17, 15) is 21.0 Å². The summed E-state index contributed by atoms with van der Waals surface area (Å²) in [5, 5.41) is 43.1. The average molecular weight is 817 g/mol. The lowest BCUT2D eigenvalue weighted by Gasteiger charge is -2.19. The zero-order valence-corrected chi connectivity index (χ0v) is 33.6. The van der Waals surface area contributed by atoms with Gasteiger partial charge in [0.05, 0.1) is 80.0 Å². The average Bonchev–Trinajstić information content (AvgIpc) is 3.87. The molecular weight excluding hydrogens is 789 g/mol. The van der Waals surface area contributed by atoms with Gasteiger partial charge in [-0.15, -0.1) is 0 Å².